The number of nitrogens with zero attached hydrogens (tertiary/aromatic N) is 2. The summed E-state index contributed by atoms with van der Waals surface area (Å²) >= 11 is 0. The van der Waals surface area contributed by atoms with Crippen LogP contribution in [0.3, 0.4) is 0 Å². The van der Waals surface area contributed by atoms with Crippen molar-refractivity contribution in [2.75, 3.05) is 0 Å². The Morgan fingerprint density at radius 2 is 1.76 bits per heavy atom. The van der Waals surface area contributed by atoms with Crippen LogP contribution in [-0.4, -0.2) is 21.4 Å². The van der Waals surface area contributed by atoms with Gasteiger partial charge in [-0.15, -0.1) is 0 Å². The first kappa shape index (κ1) is 21.8. The number of para-hydroxylation sites is 2. The lowest BCUT2D eigenvalue weighted by Gasteiger charge is -2.18. The zero-order chi connectivity index (χ0) is 23.4. The third-order valence-electron chi connectivity index (χ3n) is 5.06. The fourth-order valence-electron chi connectivity index (χ4n) is 3.36. The molecule has 0 spiro atoms. The maximum absolute atomic E-state index is 12.9. The molecule has 2 amide bonds. The predicted octanol–water partition coefficient (Wildman–Crippen LogP) is 2.90. The SMILES string of the molecule is Cc1nc2ccccc2c(=O)n1[C@@H](C)C(=O)NNC(=O)c1ccc(COc2ccccc2)o1. The second kappa shape index (κ2) is 9.39. The molecule has 2 aromatic heterocycles. The molecule has 0 aliphatic carbocycles. The van der Waals surface area contributed by atoms with Crippen molar-refractivity contribution in [3.63, 3.8) is 0 Å². The normalized spacial score (nSPS) is 11.7. The van der Waals surface area contributed by atoms with Gasteiger partial charge in [0.15, 0.2) is 5.76 Å². The Bertz CT molecular complexity index is 1360. The Morgan fingerprint density at radius 1 is 1.03 bits per heavy atom. The summed E-state index contributed by atoms with van der Waals surface area (Å²) in [5.41, 5.74) is 4.86. The number of carbonyl (C=O) groups excluding carboxylic acids is 2. The Kier molecular flexibility index (Phi) is 6.21. The maximum Gasteiger partial charge on any atom is 0.305 e. The van der Waals surface area contributed by atoms with Crippen molar-refractivity contribution >= 4 is 22.7 Å². The zero-order valence-corrected chi connectivity index (χ0v) is 18.1. The van der Waals surface area contributed by atoms with Crippen molar-refractivity contribution in [3.05, 3.63) is 94.4 Å². The maximum atomic E-state index is 12.9. The molecule has 9 heteroatoms. The van der Waals surface area contributed by atoms with Gasteiger partial charge in [0.25, 0.3) is 11.5 Å². The predicted molar refractivity (Wildman–Crippen MR) is 121 cm³/mol. The molecule has 4 aromatic rings. The summed E-state index contributed by atoms with van der Waals surface area (Å²) in [6.07, 6.45) is 0. The summed E-state index contributed by atoms with van der Waals surface area (Å²) in [7, 11) is 0. The number of aryl methyl sites for hydroxylation is 1. The van der Waals surface area contributed by atoms with E-state index >= 15 is 0 Å². The molecule has 0 unspecified atom stereocenters. The van der Waals surface area contributed by atoms with Crippen LogP contribution in [0.15, 0.2) is 75.9 Å². The highest BCUT2D eigenvalue weighted by Gasteiger charge is 2.21. The Morgan fingerprint density at radius 3 is 2.55 bits per heavy atom. The van der Waals surface area contributed by atoms with Gasteiger partial charge in [-0.25, -0.2) is 4.98 Å². The van der Waals surface area contributed by atoms with E-state index in [-0.39, 0.29) is 17.9 Å². The van der Waals surface area contributed by atoms with E-state index in [2.05, 4.69) is 15.8 Å². The molecular formula is C24H22N4O5. The number of furan rings is 1. The van der Waals surface area contributed by atoms with E-state index in [1.807, 2.05) is 30.3 Å². The van der Waals surface area contributed by atoms with E-state index in [4.69, 9.17) is 9.15 Å². The van der Waals surface area contributed by atoms with Gasteiger partial charge in [-0.3, -0.25) is 29.8 Å². The molecule has 0 radical (unpaired) electrons. The highest BCUT2D eigenvalue weighted by atomic mass is 16.5. The minimum Gasteiger partial charge on any atom is -0.486 e. The van der Waals surface area contributed by atoms with E-state index in [1.165, 1.54) is 10.6 Å². The summed E-state index contributed by atoms with van der Waals surface area (Å²) < 4.78 is 12.3. The van der Waals surface area contributed by atoms with E-state index < -0.39 is 17.9 Å². The van der Waals surface area contributed by atoms with Gasteiger partial charge in [-0.1, -0.05) is 30.3 Å². The molecule has 0 saturated heterocycles. The standard InChI is InChI=1S/C24H22N4O5/c1-15(28-16(2)25-20-11-7-6-10-19(20)24(28)31)22(29)26-27-23(30)21-13-12-18(33-21)14-32-17-8-4-3-5-9-17/h3-13,15H,14H2,1-2H3,(H,26,29)(H,27,30)/t15-/m0/s1. The van der Waals surface area contributed by atoms with Crippen LogP contribution in [0.4, 0.5) is 0 Å². The van der Waals surface area contributed by atoms with Gasteiger partial charge in [0, 0.05) is 0 Å². The lowest BCUT2D eigenvalue weighted by Crippen LogP contribution is -2.46. The van der Waals surface area contributed by atoms with Crippen LogP contribution in [-0.2, 0) is 11.4 Å². The number of hydrogen-bond acceptors (Lipinski definition) is 6. The first-order valence-electron chi connectivity index (χ1n) is 10.3. The highest BCUT2D eigenvalue weighted by molar-refractivity contribution is 5.93. The smallest absolute Gasteiger partial charge is 0.305 e. The number of benzene rings is 2. The van der Waals surface area contributed by atoms with Crippen molar-refractivity contribution in [2.24, 2.45) is 0 Å². The van der Waals surface area contributed by atoms with Crippen molar-refractivity contribution in [1.82, 2.24) is 20.4 Å². The van der Waals surface area contributed by atoms with Crippen molar-refractivity contribution in [3.8, 4) is 5.75 Å². The second-order valence-corrected chi connectivity index (χ2v) is 7.34. The lowest BCUT2D eigenvalue weighted by atomic mass is 10.2. The van der Waals surface area contributed by atoms with Gasteiger partial charge < -0.3 is 9.15 Å². The number of hydrogen-bond donors (Lipinski definition) is 2. The molecule has 168 valence electrons. The molecule has 1 atom stereocenters. The molecule has 0 fully saturated rings. The summed E-state index contributed by atoms with van der Waals surface area (Å²) in [5.74, 6) is 0.312. The van der Waals surface area contributed by atoms with Crippen LogP contribution in [0.25, 0.3) is 10.9 Å². The van der Waals surface area contributed by atoms with Crippen LogP contribution in [0.1, 0.15) is 35.1 Å². The first-order valence-corrected chi connectivity index (χ1v) is 10.3. The van der Waals surface area contributed by atoms with Gasteiger partial charge in [-0.05, 0) is 50.2 Å². The topological polar surface area (TPSA) is 115 Å². The largest absolute Gasteiger partial charge is 0.486 e. The molecular weight excluding hydrogens is 424 g/mol. The Hall–Kier alpha value is -4.40. The summed E-state index contributed by atoms with van der Waals surface area (Å²) in [6.45, 7) is 3.36. The number of fused-ring (bicyclic) bond motifs is 1. The molecule has 0 bridgehead atoms. The average Bonchev–Trinajstić information content (AvgIpc) is 3.31. The molecule has 0 saturated carbocycles. The van der Waals surface area contributed by atoms with Crippen LogP contribution < -0.4 is 21.1 Å². The summed E-state index contributed by atoms with van der Waals surface area (Å²) in [5, 5.41) is 0.410. The molecule has 2 N–H and O–H groups in total. The average molecular weight is 446 g/mol. The van der Waals surface area contributed by atoms with Crippen molar-refractivity contribution < 1.29 is 18.7 Å². The Balaban J connectivity index is 1.38. The number of carbonyl (C=O) groups is 2. The van der Waals surface area contributed by atoms with E-state index in [0.29, 0.717) is 28.2 Å². The van der Waals surface area contributed by atoms with Crippen molar-refractivity contribution in [1.29, 1.82) is 0 Å². The fourth-order valence-corrected chi connectivity index (χ4v) is 3.36. The summed E-state index contributed by atoms with van der Waals surface area (Å²) in [4.78, 5) is 42.2. The second-order valence-electron chi connectivity index (χ2n) is 7.34. The van der Waals surface area contributed by atoms with Gasteiger partial charge in [-0.2, -0.15) is 0 Å². The highest BCUT2D eigenvalue weighted by Crippen LogP contribution is 2.14. The fraction of sp³-hybridized carbons (Fsp3) is 0.167. The molecule has 4 rings (SSSR count). The molecule has 2 aromatic carbocycles. The van der Waals surface area contributed by atoms with Gasteiger partial charge in [0.05, 0.1) is 10.9 Å². The van der Waals surface area contributed by atoms with Crippen LogP contribution >= 0.6 is 0 Å². The molecule has 0 aliphatic rings. The molecule has 9 nitrogen and oxygen atoms in total. The van der Waals surface area contributed by atoms with E-state index in [9.17, 15) is 14.4 Å². The monoisotopic (exact) mass is 446 g/mol. The lowest BCUT2D eigenvalue weighted by molar-refractivity contribution is -0.124. The van der Waals surface area contributed by atoms with E-state index in [1.54, 1.807) is 44.2 Å². The third-order valence-corrected chi connectivity index (χ3v) is 5.06. The molecule has 2 heterocycles. The van der Waals surface area contributed by atoms with E-state index in [0.717, 1.165) is 0 Å². The number of ether oxygens (including phenoxy) is 1. The summed E-state index contributed by atoms with van der Waals surface area (Å²) in [6, 6.07) is 18.3. The number of aromatic nitrogens is 2. The van der Waals surface area contributed by atoms with Crippen LogP contribution in [0.5, 0.6) is 5.75 Å². The minimum atomic E-state index is -0.902. The molecule has 0 aliphatic heterocycles. The molecule has 33 heavy (non-hydrogen) atoms. The Labute approximate surface area is 189 Å². The van der Waals surface area contributed by atoms with Crippen molar-refractivity contribution in [2.45, 2.75) is 26.5 Å². The first-order chi connectivity index (χ1) is 15.9. The number of rotatable bonds is 6. The number of amides is 2. The zero-order valence-electron chi connectivity index (χ0n) is 18.1. The van der Waals surface area contributed by atoms with Gasteiger partial charge in [0.1, 0.15) is 30.0 Å². The number of hydrazine groups is 1. The third kappa shape index (κ3) is 4.77. The van der Waals surface area contributed by atoms with Crippen LogP contribution in [0.2, 0.25) is 0 Å². The number of nitrogens with one attached hydrogen (secondary N) is 2. The quantitative estimate of drug-likeness (QED) is 0.440. The van der Waals surface area contributed by atoms with Gasteiger partial charge in [0.2, 0.25) is 0 Å². The van der Waals surface area contributed by atoms with Crippen LogP contribution in [0, 0.1) is 6.92 Å². The minimum absolute atomic E-state index is 0.00957. The van der Waals surface area contributed by atoms with Gasteiger partial charge >= 0.3 is 5.91 Å².